The second-order valence-electron chi connectivity index (χ2n) is 4.81. The standard InChI is InChI=1S/C16H20N2O.ClH/c1-13(19)11-18(16-8-3-2-4-9-16)12-14-6-5-7-15(17)10-14;/h2-10,13,19H,11-12,17H2,1H3;1H. The maximum atomic E-state index is 9.65. The minimum Gasteiger partial charge on any atom is -0.399 e. The molecule has 0 spiro atoms. The van der Waals surface area contributed by atoms with Gasteiger partial charge in [0.25, 0.3) is 0 Å². The van der Waals surface area contributed by atoms with E-state index in [0.29, 0.717) is 6.54 Å². The van der Waals surface area contributed by atoms with Crippen molar-refractivity contribution in [2.45, 2.75) is 19.6 Å². The van der Waals surface area contributed by atoms with E-state index in [1.54, 1.807) is 6.92 Å². The summed E-state index contributed by atoms with van der Waals surface area (Å²) in [5.41, 5.74) is 8.82. The van der Waals surface area contributed by atoms with Gasteiger partial charge in [-0.1, -0.05) is 30.3 Å². The number of hydrogen-bond donors (Lipinski definition) is 2. The molecule has 3 nitrogen and oxygen atoms in total. The van der Waals surface area contributed by atoms with Gasteiger partial charge in [0.1, 0.15) is 0 Å². The maximum absolute atomic E-state index is 9.65. The Morgan fingerprint density at radius 2 is 1.80 bits per heavy atom. The van der Waals surface area contributed by atoms with Gasteiger partial charge in [0.05, 0.1) is 6.10 Å². The monoisotopic (exact) mass is 292 g/mol. The molecular formula is C16H21ClN2O. The van der Waals surface area contributed by atoms with Crippen LogP contribution in [-0.2, 0) is 6.54 Å². The minimum absolute atomic E-state index is 0. The molecule has 0 aliphatic heterocycles. The quantitative estimate of drug-likeness (QED) is 0.833. The first-order valence-electron chi connectivity index (χ1n) is 6.47. The molecule has 0 saturated carbocycles. The van der Waals surface area contributed by atoms with Crippen LogP contribution in [0.2, 0.25) is 0 Å². The van der Waals surface area contributed by atoms with Gasteiger partial charge in [0, 0.05) is 24.5 Å². The van der Waals surface area contributed by atoms with Crippen LogP contribution in [0.15, 0.2) is 54.6 Å². The number of halogens is 1. The molecule has 0 aliphatic carbocycles. The first kappa shape index (κ1) is 16.3. The Bertz CT molecular complexity index is 517. The highest BCUT2D eigenvalue weighted by Gasteiger charge is 2.10. The lowest BCUT2D eigenvalue weighted by Gasteiger charge is -2.26. The molecule has 0 saturated heterocycles. The zero-order chi connectivity index (χ0) is 13.7. The number of aliphatic hydroxyl groups is 1. The Balaban J connectivity index is 0.00000200. The Hall–Kier alpha value is -1.71. The van der Waals surface area contributed by atoms with E-state index in [0.717, 1.165) is 23.5 Å². The zero-order valence-corrected chi connectivity index (χ0v) is 12.4. The van der Waals surface area contributed by atoms with Gasteiger partial charge in [-0.3, -0.25) is 0 Å². The third kappa shape index (κ3) is 4.76. The van der Waals surface area contributed by atoms with Gasteiger partial charge in [0.15, 0.2) is 0 Å². The van der Waals surface area contributed by atoms with E-state index in [-0.39, 0.29) is 18.5 Å². The van der Waals surface area contributed by atoms with Crippen molar-refractivity contribution in [2.24, 2.45) is 0 Å². The molecule has 0 aromatic heterocycles. The highest BCUT2D eigenvalue weighted by atomic mass is 35.5. The van der Waals surface area contributed by atoms with Gasteiger partial charge >= 0.3 is 0 Å². The molecule has 1 atom stereocenters. The van der Waals surface area contributed by atoms with E-state index < -0.39 is 0 Å². The van der Waals surface area contributed by atoms with E-state index in [9.17, 15) is 5.11 Å². The van der Waals surface area contributed by atoms with Gasteiger partial charge in [0.2, 0.25) is 0 Å². The molecule has 0 radical (unpaired) electrons. The number of anilines is 2. The highest BCUT2D eigenvalue weighted by molar-refractivity contribution is 5.85. The Labute approximate surface area is 126 Å². The third-order valence-corrected chi connectivity index (χ3v) is 2.93. The van der Waals surface area contributed by atoms with Crippen molar-refractivity contribution in [3.63, 3.8) is 0 Å². The molecule has 0 aliphatic rings. The Kier molecular flexibility index (Phi) is 6.36. The molecule has 2 aromatic rings. The van der Waals surface area contributed by atoms with Crippen LogP contribution in [0.25, 0.3) is 0 Å². The van der Waals surface area contributed by atoms with Gasteiger partial charge in [-0.05, 0) is 36.8 Å². The lowest BCUT2D eigenvalue weighted by molar-refractivity contribution is 0.199. The zero-order valence-electron chi connectivity index (χ0n) is 11.6. The number of aliphatic hydroxyl groups excluding tert-OH is 1. The molecule has 20 heavy (non-hydrogen) atoms. The molecule has 108 valence electrons. The number of hydrogen-bond acceptors (Lipinski definition) is 3. The summed E-state index contributed by atoms with van der Waals surface area (Å²) < 4.78 is 0. The summed E-state index contributed by atoms with van der Waals surface area (Å²) in [4.78, 5) is 2.15. The van der Waals surface area contributed by atoms with Crippen molar-refractivity contribution >= 4 is 23.8 Å². The fourth-order valence-corrected chi connectivity index (χ4v) is 2.13. The van der Waals surface area contributed by atoms with Crippen LogP contribution in [-0.4, -0.2) is 17.8 Å². The highest BCUT2D eigenvalue weighted by Crippen LogP contribution is 2.18. The van der Waals surface area contributed by atoms with E-state index in [1.807, 2.05) is 42.5 Å². The summed E-state index contributed by atoms with van der Waals surface area (Å²) in [7, 11) is 0. The summed E-state index contributed by atoms with van der Waals surface area (Å²) in [6.07, 6.45) is -0.374. The first-order chi connectivity index (χ1) is 9.15. The van der Waals surface area contributed by atoms with E-state index in [4.69, 9.17) is 5.73 Å². The van der Waals surface area contributed by atoms with Crippen molar-refractivity contribution < 1.29 is 5.11 Å². The number of rotatable bonds is 5. The minimum atomic E-state index is -0.374. The number of benzene rings is 2. The van der Waals surface area contributed by atoms with Gasteiger partial charge in [-0.15, -0.1) is 12.4 Å². The van der Waals surface area contributed by atoms with Crippen molar-refractivity contribution in [3.05, 3.63) is 60.2 Å². The first-order valence-corrected chi connectivity index (χ1v) is 6.47. The van der Waals surface area contributed by atoms with Crippen molar-refractivity contribution in [2.75, 3.05) is 17.2 Å². The number of nitrogens with zero attached hydrogens (tertiary/aromatic N) is 1. The van der Waals surface area contributed by atoms with Gasteiger partial charge < -0.3 is 15.7 Å². The van der Waals surface area contributed by atoms with Gasteiger partial charge in [-0.2, -0.15) is 0 Å². The van der Waals surface area contributed by atoms with E-state index >= 15 is 0 Å². The maximum Gasteiger partial charge on any atom is 0.0687 e. The van der Waals surface area contributed by atoms with Crippen LogP contribution in [0.1, 0.15) is 12.5 Å². The molecule has 0 heterocycles. The SMILES string of the molecule is CC(O)CN(Cc1cccc(N)c1)c1ccccc1.Cl. The number of nitrogen functional groups attached to an aromatic ring is 1. The lowest BCUT2D eigenvalue weighted by Crippen LogP contribution is -2.30. The third-order valence-electron chi connectivity index (χ3n) is 2.93. The fraction of sp³-hybridized carbons (Fsp3) is 0.250. The molecular weight excluding hydrogens is 272 g/mol. The topological polar surface area (TPSA) is 49.5 Å². The number of nitrogens with two attached hydrogens (primary N) is 1. The fourth-order valence-electron chi connectivity index (χ4n) is 2.13. The predicted molar refractivity (Wildman–Crippen MR) is 87.3 cm³/mol. The van der Waals surface area contributed by atoms with Crippen molar-refractivity contribution in [1.82, 2.24) is 0 Å². The largest absolute Gasteiger partial charge is 0.399 e. The molecule has 2 aromatic carbocycles. The summed E-state index contributed by atoms with van der Waals surface area (Å²) >= 11 is 0. The molecule has 3 N–H and O–H groups in total. The Morgan fingerprint density at radius 1 is 1.10 bits per heavy atom. The van der Waals surface area contributed by atoms with Crippen molar-refractivity contribution in [3.8, 4) is 0 Å². The molecule has 0 bridgehead atoms. The smallest absolute Gasteiger partial charge is 0.0687 e. The number of para-hydroxylation sites is 1. The average Bonchev–Trinajstić information content (AvgIpc) is 2.38. The second kappa shape index (κ2) is 7.78. The molecule has 2 rings (SSSR count). The van der Waals surface area contributed by atoms with Crippen LogP contribution >= 0.6 is 12.4 Å². The van der Waals surface area contributed by atoms with Crippen LogP contribution in [0.5, 0.6) is 0 Å². The summed E-state index contributed by atoms with van der Waals surface area (Å²) in [6, 6.07) is 18.0. The average molecular weight is 293 g/mol. The normalized spacial score (nSPS) is 11.5. The van der Waals surface area contributed by atoms with Crippen molar-refractivity contribution in [1.29, 1.82) is 0 Å². The predicted octanol–water partition coefficient (Wildman–Crippen LogP) is 3.08. The van der Waals surface area contributed by atoms with Crippen LogP contribution in [0.4, 0.5) is 11.4 Å². The summed E-state index contributed by atoms with van der Waals surface area (Å²) in [6.45, 7) is 3.13. The summed E-state index contributed by atoms with van der Waals surface area (Å²) in [5.74, 6) is 0. The van der Waals surface area contributed by atoms with Gasteiger partial charge in [-0.25, -0.2) is 0 Å². The van der Waals surface area contributed by atoms with E-state index in [2.05, 4.69) is 17.0 Å². The molecule has 0 fully saturated rings. The van der Waals surface area contributed by atoms with Crippen LogP contribution in [0, 0.1) is 0 Å². The molecule has 4 heteroatoms. The van der Waals surface area contributed by atoms with Crippen LogP contribution in [0.3, 0.4) is 0 Å². The summed E-state index contributed by atoms with van der Waals surface area (Å²) in [5, 5.41) is 9.65. The molecule has 0 amide bonds. The Morgan fingerprint density at radius 3 is 2.40 bits per heavy atom. The lowest BCUT2D eigenvalue weighted by atomic mass is 10.1. The molecule has 1 unspecified atom stereocenters. The van der Waals surface area contributed by atoms with Crippen LogP contribution < -0.4 is 10.6 Å². The second-order valence-corrected chi connectivity index (χ2v) is 4.81. The van der Waals surface area contributed by atoms with E-state index in [1.165, 1.54) is 0 Å².